The van der Waals surface area contributed by atoms with Crippen LogP contribution in [0.25, 0.3) is 0 Å². The molecule has 0 spiro atoms. The van der Waals surface area contributed by atoms with Gasteiger partial charge in [-0.25, -0.2) is 0 Å². The van der Waals surface area contributed by atoms with E-state index in [1.807, 2.05) is 36.7 Å². The predicted molar refractivity (Wildman–Crippen MR) is 80.6 cm³/mol. The molecule has 1 amide bonds. The van der Waals surface area contributed by atoms with Crippen LogP contribution in [0.1, 0.15) is 12.0 Å². The van der Waals surface area contributed by atoms with Gasteiger partial charge in [-0.05, 0) is 24.6 Å². The fourth-order valence-electron chi connectivity index (χ4n) is 1.64. The maximum absolute atomic E-state index is 11.9. The maximum atomic E-state index is 11.9. The molecule has 2 aromatic rings. The number of hydrogen-bond donors (Lipinski definition) is 2. The van der Waals surface area contributed by atoms with Crippen molar-refractivity contribution in [3.8, 4) is 0 Å². The third kappa shape index (κ3) is 3.51. The van der Waals surface area contributed by atoms with E-state index in [0.29, 0.717) is 17.9 Å². The molecule has 20 heavy (non-hydrogen) atoms. The number of hydrogen-bond acceptors (Lipinski definition) is 5. The summed E-state index contributed by atoms with van der Waals surface area (Å²) in [6.07, 6.45) is 2.05. The molecule has 6 nitrogen and oxygen atoms in total. The summed E-state index contributed by atoms with van der Waals surface area (Å²) in [5, 5.41) is 11.4. The average molecular weight is 291 g/mol. The molecule has 0 atom stereocenters. The number of benzene rings is 1. The quantitative estimate of drug-likeness (QED) is 0.648. The van der Waals surface area contributed by atoms with E-state index in [-0.39, 0.29) is 5.91 Å². The van der Waals surface area contributed by atoms with E-state index in [1.54, 1.807) is 6.33 Å². The van der Waals surface area contributed by atoms with Crippen LogP contribution in [-0.2, 0) is 11.8 Å². The van der Waals surface area contributed by atoms with Crippen molar-refractivity contribution in [1.29, 1.82) is 0 Å². The third-order valence-corrected chi connectivity index (χ3v) is 3.92. The summed E-state index contributed by atoms with van der Waals surface area (Å²) < 4.78 is 1.82. The molecule has 0 saturated carbocycles. The highest BCUT2D eigenvalue weighted by Gasteiger charge is 2.08. The summed E-state index contributed by atoms with van der Waals surface area (Å²) in [6.45, 7) is 1.89. The first-order valence-corrected chi connectivity index (χ1v) is 7.18. The fraction of sp³-hybridized carbons (Fsp3) is 0.308. The Morgan fingerprint density at radius 3 is 3.00 bits per heavy atom. The first kappa shape index (κ1) is 14.4. The summed E-state index contributed by atoms with van der Waals surface area (Å²) in [5.74, 6) is 0.619. The molecular formula is C13H17N5OS. The normalized spacial score (nSPS) is 10.5. The highest BCUT2D eigenvalue weighted by atomic mass is 32.2. The van der Waals surface area contributed by atoms with Crippen LogP contribution in [0.2, 0.25) is 0 Å². The van der Waals surface area contributed by atoms with Crippen molar-refractivity contribution in [2.24, 2.45) is 7.05 Å². The minimum Gasteiger partial charge on any atom is -0.398 e. The number of nitrogens with zero attached hydrogens (tertiary/aromatic N) is 3. The minimum atomic E-state index is -0.0339. The van der Waals surface area contributed by atoms with Crippen LogP contribution < -0.4 is 11.1 Å². The van der Waals surface area contributed by atoms with Gasteiger partial charge in [-0.3, -0.25) is 4.79 Å². The Balaban J connectivity index is 1.84. The molecule has 3 N–H and O–H groups in total. The molecule has 0 bridgehead atoms. The van der Waals surface area contributed by atoms with E-state index < -0.39 is 0 Å². The monoisotopic (exact) mass is 291 g/mol. The van der Waals surface area contributed by atoms with Crippen LogP contribution in [0.4, 0.5) is 11.4 Å². The van der Waals surface area contributed by atoms with Crippen LogP contribution in [0.15, 0.2) is 29.7 Å². The van der Waals surface area contributed by atoms with Gasteiger partial charge in [0, 0.05) is 30.6 Å². The fourth-order valence-corrected chi connectivity index (χ4v) is 2.47. The zero-order valence-corrected chi connectivity index (χ0v) is 12.3. The summed E-state index contributed by atoms with van der Waals surface area (Å²) in [7, 11) is 1.87. The number of aryl methyl sites for hydroxylation is 1. The van der Waals surface area contributed by atoms with Crippen LogP contribution in [0, 0.1) is 6.92 Å². The van der Waals surface area contributed by atoms with E-state index >= 15 is 0 Å². The molecule has 1 aromatic heterocycles. The molecule has 1 heterocycles. The smallest absolute Gasteiger partial charge is 0.225 e. The highest BCUT2D eigenvalue weighted by molar-refractivity contribution is 7.99. The van der Waals surface area contributed by atoms with Crippen molar-refractivity contribution in [1.82, 2.24) is 14.8 Å². The van der Waals surface area contributed by atoms with Crippen LogP contribution >= 0.6 is 11.8 Å². The standard InChI is InChI=1S/C13H17N5OS/c1-9-10(14)4-3-5-11(9)16-12(19)6-7-20-13-17-15-8-18(13)2/h3-5,8H,6-7,14H2,1-2H3,(H,16,19). The van der Waals surface area contributed by atoms with Gasteiger partial charge < -0.3 is 15.6 Å². The van der Waals surface area contributed by atoms with E-state index in [0.717, 1.165) is 16.4 Å². The first-order chi connectivity index (χ1) is 9.58. The van der Waals surface area contributed by atoms with E-state index in [2.05, 4.69) is 15.5 Å². The van der Waals surface area contributed by atoms with Gasteiger partial charge >= 0.3 is 0 Å². The second-order valence-corrected chi connectivity index (χ2v) is 5.45. The molecule has 7 heteroatoms. The third-order valence-electron chi connectivity index (χ3n) is 2.88. The Labute approximate surface area is 121 Å². The number of carbonyl (C=O) groups excluding carboxylic acids is 1. The van der Waals surface area contributed by atoms with Gasteiger partial charge in [-0.2, -0.15) is 0 Å². The molecule has 0 fully saturated rings. The van der Waals surface area contributed by atoms with Crippen LogP contribution in [-0.4, -0.2) is 26.4 Å². The molecule has 0 aliphatic rings. The van der Waals surface area contributed by atoms with E-state index in [1.165, 1.54) is 11.8 Å². The van der Waals surface area contributed by atoms with Gasteiger partial charge in [0.25, 0.3) is 0 Å². The minimum absolute atomic E-state index is 0.0339. The van der Waals surface area contributed by atoms with Crippen molar-refractivity contribution in [3.63, 3.8) is 0 Å². The largest absolute Gasteiger partial charge is 0.398 e. The molecule has 2 rings (SSSR count). The lowest BCUT2D eigenvalue weighted by molar-refractivity contribution is -0.115. The summed E-state index contributed by atoms with van der Waals surface area (Å²) in [6, 6.07) is 5.49. The number of nitrogens with one attached hydrogen (secondary N) is 1. The van der Waals surface area contributed by atoms with E-state index in [4.69, 9.17) is 5.73 Å². The second kappa shape index (κ2) is 6.42. The summed E-state index contributed by atoms with van der Waals surface area (Å²) in [5.41, 5.74) is 8.13. The molecule has 0 saturated heterocycles. The second-order valence-electron chi connectivity index (χ2n) is 4.39. The lowest BCUT2D eigenvalue weighted by Crippen LogP contribution is -2.13. The number of rotatable bonds is 5. The first-order valence-electron chi connectivity index (χ1n) is 6.19. The Morgan fingerprint density at radius 2 is 2.30 bits per heavy atom. The number of carbonyl (C=O) groups is 1. The Morgan fingerprint density at radius 1 is 1.50 bits per heavy atom. The van der Waals surface area contributed by atoms with E-state index in [9.17, 15) is 4.79 Å². The van der Waals surface area contributed by atoms with Crippen LogP contribution in [0.3, 0.4) is 0 Å². The molecule has 0 radical (unpaired) electrons. The zero-order valence-electron chi connectivity index (χ0n) is 11.5. The Bertz CT molecular complexity index is 611. The number of nitrogens with two attached hydrogens (primary N) is 1. The molecule has 0 aliphatic heterocycles. The van der Waals surface area contributed by atoms with Gasteiger partial charge in [-0.15, -0.1) is 10.2 Å². The number of amides is 1. The topological polar surface area (TPSA) is 85.8 Å². The lowest BCUT2D eigenvalue weighted by atomic mass is 10.1. The molecule has 106 valence electrons. The predicted octanol–water partition coefficient (Wildman–Crippen LogP) is 1.83. The SMILES string of the molecule is Cc1c(N)cccc1NC(=O)CCSc1nncn1C. The highest BCUT2D eigenvalue weighted by Crippen LogP contribution is 2.21. The summed E-state index contributed by atoms with van der Waals surface area (Å²) >= 11 is 1.50. The van der Waals surface area contributed by atoms with Gasteiger partial charge in [0.1, 0.15) is 6.33 Å². The van der Waals surface area contributed by atoms with Crippen LogP contribution in [0.5, 0.6) is 0 Å². The van der Waals surface area contributed by atoms with Crippen molar-refractivity contribution in [3.05, 3.63) is 30.1 Å². The van der Waals surface area contributed by atoms with Crippen molar-refractivity contribution < 1.29 is 4.79 Å². The average Bonchev–Trinajstić information content (AvgIpc) is 2.81. The lowest BCUT2D eigenvalue weighted by Gasteiger charge is -2.09. The van der Waals surface area contributed by atoms with Gasteiger partial charge in [0.15, 0.2) is 5.16 Å². The molecule has 0 unspecified atom stereocenters. The summed E-state index contributed by atoms with van der Waals surface area (Å²) in [4.78, 5) is 11.9. The molecule has 1 aromatic carbocycles. The number of nitrogen functional groups attached to an aromatic ring is 1. The van der Waals surface area contributed by atoms with Crippen molar-refractivity contribution >= 4 is 29.0 Å². The van der Waals surface area contributed by atoms with Crippen molar-refractivity contribution in [2.75, 3.05) is 16.8 Å². The maximum Gasteiger partial charge on any atom is 0.225 e. The van der Waals surface area contributed by atoms with Gasteiger partial charge in [0.2, 0.25) is 5.91 Å². The van der Waals surface area contributed by atoms with Gasteiger partial charge in [-0.1, -0.05) is 17.8 Å². The molecule has 0 aliphatic carbocycles. The number of anilines is 2. The zero-order chi connectivity index (χ0) is 14.5. The Kier molecular flexibility index (Phi) is 4.62. The van der Waals surface area contributed by atoms with Crippen molar-refractivity contribution in [2.45, 2.75) is 18.5 Å². The van der Waals surface area contributed by atoms with Gasteiger partial charge in [0.05, 0.1) is 0 Å². The number of thioether (sulfide) groups is 1. The number of aromatic nitrogens is 3. The Hall–Kier alpha value is -2.02. The molecular weight excluding hydrogens is 274 g/mol.